The van der Waals surface area contributed by atoms with E-state index in [-0.39, 0.29) is 18.1 Å². The van der Waals surface area contributed by atoms with Crippen molar-refractivity contribution in [2.75, 3.05) is 19.4 Å². The van der Waals surface area contributed by atoms with Crippen LogP contribution in [0.1, 0.15) is 45.4 Å². The van der Waals surface area contributed by atoms with Crippen LogP contribution in [0.3, 0.4) is 0 Å². The molecule has 2 aromatic heterocycles. The summed E-state index contributed by atoms with van der Waals surface area (Å²) in [4.78, 5) is 16.3. The molecule has 2 aromatic carbocycles. The highest BCUT2D eigenvalue weighted by Gasteiger charge is 2.31. The Labute approximate surface area is 209 Å². The highest BCUT2D eigenvalue weighted by Crippen LogP contribution is 2.31. The van der Waals surface area contributed by atoms with Gasteiger partial charge >= 0.3 is 0 Å². The fourth-order valence-corrected chi connectivity index (χ4v) is 4.74. The first-order chi connectivity index (χ1) is 16.7. The maximum Gasteiger partial charge on any atom is 0.154 e. The van der Waals surface area contributed by atoms with E-state index in [1.807, 2.05) is 62.6 Å². The maximum absolute atomic E-state index is 11.1. The third-order valence-electron chi connectivity index (χ3n) is 6.11. The number of likely N-dealkylation sites (N-methyl/N-ethyl adjacent to an activating group) is 1. The molecular weight excluding hydrogens is 462 g/mol. The lowest BCUT2D eigenvalue weighted by atomic mass is 9.77. The number of aldehydes is 1. The second kappa shape index (κ2) is 11.5. The molecule has 0 aliphatic rings. The summed E-state index contributed by atoms with van der Waals surface area (Å²) < 4.78 is 11.3. The van der Waals surface area contributed by atoms with Gasteiger partial charge in [0.2, 0.25) is 0 Å². The minimum atomic E-state index is -0.186. The van der Waals surface area contributed by atoms with Gasteiger partial charge in [-0.15, -0.1) is 11.3 Å². The van der Waals surface area contributed by atoms with Crippen molar-refractivity contribution in [2.45, 2.75) is 45.8 Å². The Morgan fingerprint density at radius 2 is 2.00 bits per heavy atom. The van der Waals surface area contributed by atoms with Gasteiger partial charge in [0.1, 0.15) is 23.7 Å². The van der Waals surface area contributed by atoms with Crippen LogP contribution in [0.4, 0.5) is 5.69 Å². The minimum Gasteiger partial charge on any atom is -0.488 e. The topological polar surface area (TPSA) is 111 Å². The SMILES string of the molecule is CNC(CO)C(C)(C)c1ccccc1N.Cc1ncc(COc2ccc3oc(C)c(C=O)c3c2)s1. The largest absolute Gasteiger partial charge is 0.488 e. The molecule has 1 atom stereocenters. The number of anilines is 1. The van der Waals surface area contributed by atoms with Crippen molar-refractivity contribution < 1.29 is 19.1 Å². The van der Waals surface area contributed by atoms with Gasteiger partial charge in [0.05, 0.1) is 22.1 Å². The molecule has 0 spiro atoms. The van der Waals surface area contributed by atoms with Gasteiger partial charge in [0.25, 0.3) is 0 Å². The molecule has 0 aliphatic carbocycles. The van der Waals surface area contributed by atoms with Crippen LogP contribution in [0.5, 0.6) is 5.75 Å². The summed E-state index contributed by atoms with van der Waals surface area (Å²) >= 11 is 1.61. The van der Waals surface area contributed by atoms with Crippen molar-refractivity contribution in [3.63, 3.8) is 0 Å². The van der Waals surface area contributed by atoms with E-state index in [1.165, 1.54) is 0 Å². The predicted molar refractivity (Wildman–Crippen MR) is 141 cm³/mol. The number of nitrogens with two attached hydrogens (primary N) is 1. The second-order valence-electron chi connectivity index (χ2n) is 8.81. The maximum atomic E-state index is 11.1. The zero-order valence-electron chi connectivity index (χ0n) is 20.8. The predicted octanol–water partition coefficient (Wildman–Crippen LogP) is 5.02. The first-order valence-corrected chi connectivity index (χ1v) is 12.2. The molecule has 0 aliphatic heterocycles. The van der Waals surface area contributed by atoms with Crippen molar-refractivity contribution in [1.29, 1.82) is 0 Å². The first-order valence-electron chi connectivity index (χ1n) is 11.4. The van der Waals surface area contributed by atoms with Gasteiger partial charge < -0.3 is 25.3 Å². The van der Waals surface area contributed by atoms with E-state index < -0.39 is 0 Å². The molecule has 4 aromatic rings. The number of aromatic nitrogens is 1. The molecule has 0 bridgehead atoms. The zero-order valence-corrected chi connectivity index (χ0v) is 21.6. The fraction of sp³-hybridized carbons (Fsp3) is 0.333. The molecule has 0 fully saturated rings. The van der Waals surface area contributed by atoms with Crippen molar-refractivity contribution in [1.82, 2.24) is 10.3 Å². The number of fused-ring (bicyclic) bond motifs is 1. The number of para-hydroxylation sites is 1. The Hall–Kier alpha value is -3.20. The average Bonchev–Trinajstić information content (AvgIpc) is 3.39. The molecule has 35 heavy (non-hydrogen) atoms. The lowest BCUT2D eigenvalue weighted by molar-refractivity contribution is 0.112. The molecule has 4 N–H and O–H groups in total. The van der Waals surface area contributed by atoms with Gasteiger partial charge in [-0.25, -0.2) is 4.98 Å². The third kappa shape index (κ3) is 6.08. The molecule has 0 amide bonds. The number of benzene rings is 2. The van der Waals surface area contributed by atoms with Gasteiger partial charge in [-0.05, 0) is 50.7 Å². The van der Waals surface area contributed by atoms with E-state index >= 15 is 0 Å². The van der Waals surface area contributed by atoms with Crippen LogP contribution in [0.2, 0.25) is 0 Å². The number of carbonyl (C=O) groups is 1. The Kier molecular flexibility index (Phi) is 8.67. The monoisotopic (exact) mass is 495 g/mol. The lowest BCUT2D eigenvalue weighted by Crippen LogP contribution is -2.46. The van der Waals surface area contributed by atoms with Crippen molar-refractivity contribution in [2.24, 2.45) is 0 Å². The normalized spacial score (nSPS) is 12.2. The van der Waals surface area contributed by atoms with Gasteiger partial charge in [-0.1, -0.05) is 32.0 Å². The fourth-order valence-electron chi connectivity index (χ4n) is 4.03. The van der Waals surface area contributed by atoms with E-state index in [1.54, 1.807) is 18.3 Å². The van der Waals surface area contributed by atoms with Crippen LogP contribution >= 0.6 is 11.3 Å². The number of nitrogens with zero attached hydrogens (tertiary/aromatic N) is 1. The van der Waals surface area contributed by atoms with Crippen LogP contribution in [-0.4, -0.2) is 36.1 Å². The molecule has 4 rings (SSSR count). The van der Waals surface area contributed by atoms with Crippen molar-refractivity contribution >= 4 is 34.3 Å². The lowest BCUT2D eigenvalue weighted by Gasteiger charge is -2.34. The third-order valence-corrected chi connectivity index (χ3v) is 7.00. The van der Waals surface area contributed by atoms with Crippen LogP contribution < -0.4 is 15.8 Å². The number of hydrogen-bond donors (Lipinski definition) is 3. The van der Waals surface area contributed by atoms with Crippen LogP contribution in [0.25, 0.3) is 11.0 Å². The number of thiazole rings is 1. The summed E-state index contributed by atoms with van der Waals surface area (Å²) in [6.45, 7) is 8.48. The minimum absolute atomic E-state index is 0.00204. The summed E-state index contributed by atoms with van der Waals surface area (Å²) in [6, 6.07) is 13.3. The molecule has 7 nitrogen and oxygen atoms in total. The number of hydrogen-bond acceptors (Lipinski definition) is 8. The summed E-state index contributed by atoms with van der Waals surface area (Å²) in [7, 11) is 1.85. The molecule has 8 heteroatoms. The average molecular weight is 496 g/mol. The molecular formula is C27H33N3O4S. The number of carbonyl (C=O) groups excluding carboxylic acids is 1. The Bertz CT molecular complexity index is 1270. The number of aryl methyl sites for hydroxylation is 2. The van der Waals surface area contributed by atoms with E-state index in [0.29, 0.717) is 29.3 Å². The highest BCUT2D eigenvalue weighted by atomic mass is 32.1. The molecule has 1 unspecified atom stereocenters. The standard InChI is InChI=1S/C15H13NO3S.C12H20N2O/c1-9-14(7-17)13-5-11(3-4-15(13)19-9)18-8-12-6-16-10(2)20-12;1-12(2,11(8-15)14-3)9-6-4-5-7-10(9)13/h3-7H,8H2,1-2H3;4-7,11,14-15H,8,13H2,1-3H3. The number of aliphatic hydroxyl groups is 1. The summed E-state index contributed by atoms with van der Waals surface area (Å²) in [5.74, 6) is 1.35. The van der Waals surface area contributed by atoms with Gasteiger partial charge in [-0.3, -0.25) is 4.79 Å². The van der Waals surface area contributed by atoms with Gasteiger partial charge in [0, 0.05) is 28.7 Å². The van der Waals surface area contributed by atoms with Crippen LogP contribution in [0, 0.1) is 13.8 Å². The molecule has 186 valence electrons. The number of ether oxygens (including phenoxy) is 1. The number of nitrogens with one attached hydrogen (secondary N) is 1. The Balaban J connectivity index is 0.000000205. The molecule has 2 heterocycles. The second-order valence-corrected chi connectivity index (χ2v) is 10.1. The van der Waals surface area contributed by atoms with E-state index in [0.717, 1.165) is 32.8 Å². The van der Waals surface area contributed by atoms with Crippen LogP contribution in [-0.2, 0) is 12.0 Å². The molecule has 0 radical (unpaired) electrons. The molecule has 0 saturated heterocycles. The zero-order chi connectivity index (χ0) is 25.6. The van der Waals surface area contributed by atoms with Gasteiger partial charge in [-0.2, -0.15) is 0 Å². The summed E-state index contributed by atoms with van der Waals surface area (Å²) in [5, 5.41) is 14.2. The van der Waals surface area contributed by atoms with Gasteiger partial charge in [0.15, 0.2) is 6.29 Å². The quantitative estimate of drug-likeness (QED) is 0.232. The number of rotatable bonds is 8. The summed E-state index contributed by atoms with van der Waals surface area (Å²) in [6.07, 6.45) is 2.63. The first kappa shape index (κ1) is 26.4. The smallest absolute Gasteiger partial charge is 0.154 e. The van der Waals surface area contributed by atoms with Crippen molar-refractivity contribution in [3.05, 3.63) is 75.4 Å². The number of furan rings is 1. The highest BCUT2D eigenvalue weighted by molar-refractivity contribution is 7.11. The summed E-state index contributed by atoms with van der Waals surface area (Å²) in [5.41, 5.74) is 8.88. The Morgan fingerprint density at radius 3 is 2.60 bits per heavy atom. The van der Waals surface area contributed by atoms with E-state index in [2.05, 4.69) is 24.1 Å². The number of nitrogen functional groups attached to an aromatic ring is 1. The molecule has 0 saturated carbocycles. The van der Waals surface area contributed by atoms with Crippen LogP contribution in [0.15, 0.2) is 53.1 Å². The Morgan fingerprint density at radius 1 is 1.26 bits per heavy atom. The number of aliphatic hydroxyl groups excluding tert-OH is 1. The van der Waals surface area contributed by atoms with E-state index in [9.17, 15) is 9.90 Å². The van der Waals surface area contributed by atoms with Crippen molar-refractivity contribution in [3.8, 4) is 5.75 Å². The van der Waals surface area contributed by atoms with E-state index in [4.69, 9.17) is 14.9 Å².